The van der Waals surface area contributed by atoms with Crippen LogP contribution in [0.5, 0.6) is 11.6 Å². The van der Waals surface area contributed by atoms with Gasteiger partial charge in [-0.05, 0) is 69.7 Å². The minimum atomic E-state index is 0.130. The average molecular weight is 563 g/mol. The number of nitrogens with zero attached hydrogens (tertiary/aromatic N) is 6. The minimum Gasteiger partial charge on any atom is -0.497 e. The van der Waals surface area contributed by atoms with Crippen LogP contribution in [0, 0.1) is 6.92 Å². The number of ether oxygens (including phenoxy) is 2. The zero-order valence-corrected chi connectivity index (χ0v) is 24.5. The summed E-state index contributed by atoms with van der Waals surface area (Å²) < 4.78 is 19.3. The maximum Gasteiger partial charge on any atom is 0.222 e. The van der Waals surface area contributed by atoms with Gasteiger partial charge in [-0.2, -0.15) is 5.10 Å². The number of oxazole rings is 1. The maximum absolute atomic E-state index is 5.91. The lowest BCUT2D eigenvalue weighted by atomic mass is 10.1. The summed E-state index contributed by atoms with van der Waals surface area (Å²) in [7, 11) is 1.68. The van der Waals surface area contributed by atoms with Crippen molar-refractivity contribution in [2.75, 3.05) is 18.6 Å². The fourth-order valence-electron chi connectivity index (χ4n) is 5.30. The smallest absolute Gasteiger partial charge is 0.222 e. The summed E-state index contributed by atoms with van der Waals surface area (Å²) >= 11 is 0. The van der Waals surface area contributed by atoms with Crippen molar-refractivity contribution >= 4 is 27.8 Å². The van der Waals surface area contributed by atoms with Crippen LogP contribution in [0.15, 0.2) is 77.7 Å². The highest BCUT2D eigenvalue weighted by Gasteiger charge is 2.24. The van der Waals surface area contributed by atoms with E-state index in [2.05, 4.69) is 57.7 Å². The largest absolute Gasteiger partial charge is 0.497 e. The molecule has 0 spiro atoms. The van der Waals surface area contributed by atoms with E-state index >= 15 is 0 Å². The number of anilines is 1. The van der Waals surface area contributed by atoms with E-state index in [1.165, 1.54) is 6.39 Å². The van der Waals surface area contributed by atoms with Gasteiger partial charge < -0.3 is 18.8 Å². The third-order valence-corrected chi connectivity index (χ3v) is 7.29. The molecule has 4 aromatic heterocycles. The Morgan fingerprint density at radius 3 is 2.60 bits per heavy atom. The lowest BCUT2D eigenvalue weighted by Crippen LogP contribution is -2.23. The molecule has 0 amide bonds. The Labute approximate surface area is 244 Å². The Morgan fingerprint density at radius 2 is 1.83 bits per heavy atom. The molecule has 214 valence electrons. The van der Waals surface area contributed by atoms with E-state index in [0.29, 0.717) is 25.6 Å². The van der Waals surface area contributed by atoms with Crippen molar-refractivity contribution in [1.29, 1.82) is 0 Å². The van der Waals surface area contributed by atoms with E-state index in [1.807, 2.05) is 50.2 Å². The molecule has 0 N–H and O–H groups in total. The summed E-state index contributed by atoms with van der Waals surface area (Å²) in [5, 5.41) is 4.94. The van der Waals surface area contributed by atoms with Crippen molar-refractivity contribution in [3.63, 3.8) is 0 Å². The number of methoxy groups -OCH3 is 1. The van der Waals surface area contributed by atoms with Crippen molar-refractivity contribution in [1.82, 2.24) is 24.7 Å². The van der Waals surface area contributed by atoms with Gasteiger partial charge in [0, 0.05) is 30.9 Å². The van der Waals surface area contributed by atoms with Gasteiger partial charge in [0.05, 0.1) is 36.4 Å². The molecule has 0 saturated heterocycles. The lowest BCUT2D eigenvalue weighted by molar-refractivity contribution is 0.328. The second-order valence-corrected chi connectivity index (χ2v) is 10.5. The average Bonchev–Trinajstić information content (AvgIpc) is 3.62. The Bertz CT molecular complexity index is 1840. The van der Waals surface area contributed by atoms with Crippen LogP contribution in [0.1, 0.15) is 43.6 Å². The molecule has 0 unspecified atom stereocenters. The standard InChI is InChI=1S/C33H34N6O3/c1-6-41-33-26(10-8-16-34-33)28-17-29(31-30(36-28)22(4)37-39(31)21(2)3)38(18-23-12-14-25(40-5)15-13-23)19-24-9-7-11-27-32(24)42-20-35-27/h7-17,20-21H,6,18-19H2,1-5H3. The highest BCUT2D eigenvalue weighted by atomic mass is 16.5. The molecule has 0 fully saturated rings. The van der Waals surface area contributed by atoms with E-state index < -0.39 is 0 Å². The molecule has 0 bridgehead atoms. The van der Waals surface area contributed by atoms with Crippen molar-refractivity contribution in [3.05, 3.63) is 90.1 Å². The van der Waals surface area contributed by atoms with Crippen LogP contribution >= 0.6 is 0 Å². The first kappa shape index (κ1) is 27.3. The summed E-state index contributed by atoms with van der Waals surface area (Å²) in [4.78, 5) is 16.4. The Hall–Kier alpha value is -4.92. The van der Waals surface area contributed by atoms with E-state index in [-0.39, 0.29) is 6.04 Å². The molecule has 42 heavy (non-hydrogen) atoms. The highest BCUT2D eigenvalue weighted by Crippen LogP contribution is 2.38. The molecule has 2 aromatic carbocycles. The van der Waals surface area contributed by atoms with Gasteiger partial charge in [0.25, 0.3) is 0 Å². The molecule has 0 radical (unpaired) electrons. The van der Waals surface area contributed by atoms with Gasteiger partial charge in [0.1, 0.15) is 22.3 Å². The maximum atomic E-state index is 5.91. The molecular weight excluding hydrogens is 528 g/mol. The lowest BCUT2D eigenvalue weighted by Gasteiger charge is -2.27. The second-order valence-electron chi connectivity index (χ2n) is 10.5. The van der Waals surface area contributed by atoms with Gasteiger partial charge in [0.2, 0.25) is 5.88 Å². The second kappa shape index (κ2) is 11.5. The third-order valence-electron chi connectivity index (χ3n) is 7.29. The molecule has 6 aromatic rings. The number of rotatable bonds is 10. The summed E-state index contributed by atoms with van der Waals surface area (Å²) in [6.45, 7) is 9.96. The van der Waals surface area contributed by atoms with Crippen molar-refractivity contribution in [2.45, 2.75) is 46.8 Å². The predicted molar refractivity (Wildman–Crippen MR) is 164 cm³/mol. The molecule has 0 aliphatic heterocycles. The monoisotopic (exact) mass is 562 g/mol. The van der Waals surface area contributed by atoms with E-state index in [0.717, 1.165) is 61.6 Å². The molecule has 0 atom stereocenters. The third kappa shape index (κ3) is 5.13. The minimum absolute atomic E-state index is 0.130. The first-order valence-corrected chi connectivity index (χ1v) is 14.1. The molecule has 9 nitrogen and oxygen atoms in total. The number of fused-ring (bicyclic) bond motifs is 2. The summed E-state index contributed by atoms with van der Waals surface area (Å²) in [5.41, 5.74) is 9.09. The quantitative estimate of drug-likeness (QED) is 0.174. The van der Waals surface area contributed by atoms with Crippen LogP contribution in [0.4, 0.5) is 5.69 Å². The predicted octanol–water partition coefficient (Wildman–Crippen LogP) is 7.14. The number of benzene rings is 2. The number of aromatic nitrogens is 5. The van der Waals surface area contributed by atoms with Gasteiger partial charge >= 0.3 is 0 Å². The van der Waals surface area contributed by atoms with E-state index in [9.17, 15) is 0 Å². The van der Waals surface area contributed by atoms with Crippen LogP contribution < -0.4 is 14.4 Å². The van der Waals surface area contributed by atoms with Gasteiger partial charge in [-0.25, -0.2) is 15.0 Å². The van der Waals surface area contributed by atoms with Gasteiger partial charge in [-0.1, -0.05) is 24.3 Å². The first-order chi connectivity index (χ1) is 20.5. The zero-order chi connectivity index (χ0) is 29.2. The van der Waals surface area contributed by atoms with Crippen LogP contribution in [-0.2, 0) is 13.1 Å². The van der Waals surface area contributed by atoms with Crippen LogP contribution in [-0.4, -0.2) is 38.4 Å². The molecule has 6 rings (SSSR count). The molecule has 0 aliphatic carbocycles. The molecule has 0 saturated carbocycles. The SMILES string of the molecule is CCOc1ncccc1-c1cc(N(Cc2ccc(OC)cc2)Cc2cccc3ncoc23)c2c(n1)c(C)nn2C(C)C. The Morgan fingerprint density at radius 1 is 1.00 bits per heavy atom. The van der Waals surface area contributed by atoms with Gasteiger partial charge in [0.15, 0.2) is 12.0 Å². The topological polar surface area (TPSA) is 91.3 Å². The first-order valence-electron chi connectivity index (χ1n) is 14.1. The molecular formula is C33H34N6O3. The van der Waals surface area contributed by atoms with Crippen molar-refractivity contribution < 1.29 is 13.9 Å². The van der Waals surface area contributed by atoms with E-state index in [4.69, 9.17) is 24.0 Å². The number of aryl methyl sites for hydroxylation is 1. The van der Waals surface area contributed by atoms with Gasteiger partial charge in [-0.15, -0.1) is 0 Å². The van der Waals surface area contributed by atoms with Gasteiger partial charge in [-0.3, -0.25) is 4.68 Å². The zero-order valence-electron chi connectivity index (χ0n) is 24.5. The number of pyridine rings is 2. The Kier molecular flexibility index (Phi) is 7.48. The number of hydrogen-bond acceptors (Lipinski definition) is 8. The van der Waals surface area contributed by atoms with Crippen LogP contribution in [0.3, 0.4) is 0 Å². The van der Waals surface area contributed by atoms with Crippen molar-refractivity contribution in [3.8, 4) is 22.9 Å². The summed E-state index contributed by atoms with van der Waals surface area (Å²) in [6, 6.07) is 20.4. The fraction of sp³-hybridized carbons (Fsp3) is 0.273. The molecule has 9 heteroatoms. The highest BCUT2D eigenvalue weighted by molar-refractivity contribution is 5.94. The van der Waals surface area contributed by atoms with E-state index in [1.54, 1.807) is 13.3 Å². The summed E-state index contributed by atoms with van der Waals surface area (Å²) in [5.74, 6) is 1.37. The normalized spacial score (nSPS) is 11.5. The molecule has 0 aliphatic rings. The Balaban J connectivity index is 1.58. The van der Waals surface area contributed by atoms with Crippen LogP contribution in [0.25, 0.3) is 33.4 Å². The molecule has 4 heterocycles. The summed E-state index contributed by atoms with van der Waals surface area (Å²) in [6.07, 6.45) is 3.24. The fourth-order valence-corrected chi connectivity index (χ4v) is 5.30. The number of para-hydroxylation sites is 1. The van der Waals surface area contributed by atoms with Crippen LogP contribution in [0.2, 0.25) is 0 Å². The van der Waals surface area contributed by atoms with Crippen molar-refractivity contribution in [2.24, 2.45) is 0 Å². The number of hydrogen-bond donors (Lipinski definition) is 0.